The fourth-order valence-corrected chi connectivity index (χ4v) is 8.16. The van der Waals surface area contributed by atoms with Crippen molar-refractivity contribution in [2.24, 2.45) is 0 Å². The molecule has 0 bridgehead atoms. The average Bonchev–Trinajstić information content (AvgIpc) is 3.45. The van der Waals surface area contributed by atoms with Gasteiger partial charge in [0.1, 0.15) is 0 Å². The molecule has 3 heteroatoms. The molecule has 10 rings (SSSR count). The fourth-order valence-electron chi connectivity index (χ4n) is 8.16. The summed E-state index contributed by atoms with van der Waals surface area (Å²) in [4.78, 5) is 15.2. The van der Waals surface area contributed by atoms with Crippen molar-refractivity contribution in [1.82, 2.24) is 15.0 Å². The zero-order chi connectivity index (χ0) is 35.5. The lowest BCUT2D eigenvalue weighted by atomic mass is 9.81. The minimum Gasteiger partial charge on any atom is -0.256 e. The van der Waals surface area contributed by atoms with Crippen LogP contribution in [0.25, 0.3) is 89.0 Å². The summed E-state index contributed by atoms with van der Waals surface area (Å²) in [5, 5.41) is 3.65. The molecule has 1 aliphatic carbocycles. The molecule has 0 saturated heterocycles. The van der Waals surface area contributed by atoms with Crippen LogP contribution in [0.5, 0.6) is 0 Å². The largest absolute Gasteiger partial charge is 0.256 e. The third-order valence-electron chi connectivity index (χ3n) is 10.9. The number of benzene rings is 7. The first kappa shape index (κ1) is 31.1. The quantitative estimate of drug-likeness (QED) is 0.182. The molecule has 9 aromatic rings. The second-order valence-corrected chi connectivity index (χ2v) is 14.5. The molecule has 0 N–H and O–H groups in total. The van der Waals surface area contributed by atoms with Gasteiger partial charge in [0.25, 0.3) is 0 Å². The molecule has 0 saturated carbocycles. The van der Waals surface area contributed by atoms with Crippen LogP contribution in [0.1, 0.15) is 25.0 Å². The van der Waals surface area contributed by atoms with Crippen LogP contribution in [0.15, 0.2) is 176 Å². The van der Waals surface area contributed by atoms with Crippen LogP contribution in [-0.4, -0.2) is 15.0 Å². The Hall–Kier alpha value is -6.71. The number of rotatable bonds is 5. The van der Waals surface area contributed by atoms with E-state index in [4.69, 9.17) is 15.0 Å². The van der Waals surface area contributed by atoms with E-state index in [-0.39, 0.29) is 5.41 Å². The van der Waals surface area contributed by atoms with Gasteiger partial charge in [-0.3, -0.25) is 4.98 Å². The molecule has 0 spiro atoms. The van der Waals surface area contributed by atoms with E-state index < -0.39 is 0 Å². The molecular weight excluding hydrogens is 643 g/mol. The first-order valence-corrected chi connectivity index (χ1v) is 18.2. The van der Waals surface area contributed by atoms with E-state index >= 15 is 0 Å². The molecule has 0 unspecified atom stereocenters. The van der Waals surface area contributed by atoms with Gasteiger partial charge < -0.3 is 0 Å². The number of hydrogen-bond acceptors (Lipinski definition) is 3. The van der Waals surface area contributed by atoms with Gasteiger partial charge in [0.2, 0.25) is 0 Å². The van der Waals surface area contributed by atoms with Crippen molar-refractivity contribution in [3.8, 4) is 67.3 Å². The molecule has 2 heterocycles. The highest BCUT2D eigenvalue weighted by molar-refractivity contribution is 5.98. The first-order valence-electron chi connectivity index (χ1n) is 18.2. The van der Waals surface area contributed by atoms with E-state index in [1.807, 2.05) is 30.5 Å². The van der Waals surface area contributed by atoms with E-state index in [1.54, 1.807) is 0 Å². The molecule has 2 aromatic heterocycles. The van der Waals surface area contributed by atoms with Crippen molar-refractivity contribution >= 4 is 21.7 Å². The maximum atomic E-state index is 5.27. The van der Waals surface area contributed by atoms with Gasteiger partial charge in [0.05, 0.1) is 16.9 Å². The highest BCUT2D eigenvalue weighted by Gasteiger charge is 2.37. The van der Waals surface area contributed by atoms with Gasteiger partial charge in [-0.15, -0.1) is 0 Å². The van der Waals surface area contributed by atoms with E-state index in [0.29, 0.717) is 5.82 Å². The average molecular weight is 678 g/mol. The molecule has 0 radical (unpaired) electrons. The van der Waals surface area contributed by atoms with Crippen molar-refractivity contribution < 1.29 is 0 Å². The van der Waals surface area contributed by atoms with E-state index in [9.17, 15) is 0 Å². The van der Waals surface area contributed by atoms with E-state index in [2.05, 4.69) is 159 Å². The molecule has 0 amide bonds. The first-order chi connectivity index (χ1) is 26.0. The Morgan fingerprint density at radius 1 is 0.396 bits per heavy atom. The fraction of sp³-hybridized carbons (Fsp3) is 0.0600. The maximum absolute atomic E-state index is 5.27. The summed E-state index contributed by atoms with van der Waals surface area (Å²) in [5.41, 5.74) is 15.6. The van der Waals surface area contributed by atoms with Gasteiger partial charge in [-0.25, -0.2) is 9.97 Å². The molecule has 1 aliphatic rings. The predicted molar refractivity (Wildman–Crippen MR) is 220 cm³/mol. The van der Waals surface area contributed by atoms with Crippen molar-refractivity contribution in [1.29, 1.82) is 0 Å². The van der Waals surface area contributed by atoms with Crippen LogP contribution < -0.4 is 0 Å². The van der Waals surface area contributed by atoms with Crippen LogP contribution in [0.2, 0.25) is 0 Å². The van der Waals surface area contributed by atoms with Gasteiger partial charge in [-0.2, -0.15) is 0 Å². The van der Waals surface area contributed by atoms with Crippen LogP contribution in [-0.2, 0) is 5.41 Å². The minimum atomic E-state index is -0.141. The van der Waals surface area contributed by atoms with E-state index in [0.717, 1.165) is 61.2 Å². The van der Waals surface area contributed by atoms with Crippen molar-refractivity contribution in [2.45, 2.75) is 19.3 Å². The SMILES string of the molecule is CC1(C)c2cc3ccccc3cc2-c2c(-c3cc(-c4ccc(-c5ccccc5-c5cnc6ccccc6c5)cc4)nc(-c4ccccc4)n3)cccc21. The van der Waals surface area contributed by atoms with Gasteiger partial charge in [0.15, 0.2) is 5.82 Å². The van der Waals surface area contributed by atoms with Crippen molar-refractivity contribution in [3.63, 3.8) is 0 Å². The molecular formula is C50H35N3. The number of nitrogens with zero attached hydrogens (tertiary/aromatic N) is 3. The topological polar surface area (TPSA) is 38.7 Å². The predicted octanol–water partition coefficient (Wildman–Crippen LogP) is 12.8. The zero-order valence-corrected chi connectivity index (χ0v) is 29.6. The summed E-state index contributed by atoms with van der Waals surface area (Å²) in [6.07, 6.45) is 1.98. The highest BCUT2D eigenvalue weighted by Crippen LogP contribution is 2.53. The third-order valence-corrected chi connectivity index (χ3v) is 10.9. The van der Waals surface area contributed by atoms with Crippen molar-refractivity contribution in [2.75, 3.05) is 0 Å². The Morgan fingerprint density at radius 2 is 1.02 bits per heavy atom. The maximum Gasteiger partial charge on any atom is 0.160 e. The molecule has 53 heavy (non-hydrogen) atoms. The Labute approximate surface area is 309 Å². The van der Waals surface area contributed by atoms with Gasteiger partial charge in [-0.05, 0) is 80.0 Å². The summed E-state index contributed by atoms with van der Waals surface area (Å²) < 4.78 is 0. The Balaban J connectivity index is 1.10. The highest BCUT2D eigenvalue weighted by atomic mass is 14.9. The summed E-state index contributed by atoms with van der Waals surface area (Å²) in [6, 6.07) is 60.4. The lowest BCUT2D eigenvalue weighted by Gasteiger charge is -2.22. The van der Waals surface area contributed by atoms with Crippen LogP contribution >= 0.6 is 0 Å². The van der Waals surface area contributed by atoms with Crippen LogP contribution in [0.4, 0.5) is 0 Å². The van der Waals surface area contributed by atoms with Crippen molar-refractivity contribution in [3.05, 3.63) is 187 Å². The Bertz CT molecular complexity index is 2850. The van der Waals surface area contributed by atoms with E-state index in [1.165, 1.54) is 33.0 Å². The molecule has 250 valence electrons. The van der Waals surface area contributed by atoms with Gasteiger partial charge in [0, 0.05) is 39.3 Å². The molecule has 0 aliphatic heterocycles. The summed E-state index contributed by atoms with van der Waals surface area (Å²) in [5.74, 6) is 0.713. The monoisotopic (exact) mass is 677 g/mol. The number of fused-ring (bicyclic) bond motifs is 5. The zero-order valence-electron chi connectivity index (χ0n) is 29.6. The summed E-state index contributed by atoms with van der Waals surface area (Å²) in [7, 11) is 0. The summed E-state index contributed by atoms with van der Waals surface area (Å²) in [6.45, 7) is 4.68. The molecule has 0 fully saturated rings. The lowest BCUT2D eigenvalue weighted by Crippen LogP contribution is -2.14. The third kappa shape index (κ3) is 5.24. The second-order valence-electron chi connectivity index (χ2n) is 14.5. The number of pyridine rings is 1. The smallest absolute Gasteiger partial charge is 0.160 e. The minimum absolute atomic E-state index is 0.141. The lowest BCUT2D eigenvalue weighted by molar-refractivity contribution is 0.661. The normalized spacial score (nSPS) is 12.9. The molecule has 7 aromatic carbocycles. The summed E-state index contributed by atoms with van der Waals surface area (Å²) >= 11 is 0. The molecule has 3 nitrogen and oxygen atoms in total. The van der Waals surface area contributed by atoms with Gasteiger partial charge in [-0.1, -0.05) is 153 Å². The Kier molecular flexibility index (Phi) is 7.16. The Morgan fingerprint density at radius 3 is 1.81 bits per heavy atom. The number of aromatic nitrogens is 3. The second kappa shape index (κ2) is 12.2. The van der Waals surface area contributed by atoms with Gasteiger partial charge >= 0.3 is 0 Å². The van der Waals surface area contributed by atoms with Crippen LogP contribution in [0, 0.1) is 0 Å². The number of hydrogen-bond donors (Lipinski definition) is 0. The van der Waals surface area contributed by atoms with Crippen LogP contribution in [0.3, 0.4) is 0 Å². The standard InChI is InChI=1S/C50H35N3/c1-50(2)43-21-12-20-41(48(43)42-28-35-15-6-7-16-36(35)29-44(42)50)47-30-46(52-49(53-47)34-13-4-3-5-14-34)33-25-23-32(24-26-33)39-18-9-10-19-40(39)38-27-37-17-8-11-22-45(37)51-31-38/h3-31H,1-2H3. The molecule has 0 atom stereocenters. The number of para-hydroxylation sites is 1.